The SMILES string of the molecule is CCCC(CCC)Cc1ccccc1.Cc1ccc(C)cc1. The van der Waals surface area contributed by atoms with Crippen LogP contribution in [0.2, 0.25) is 0 Å². The van der Waals surface area contributed by atoms with Crippen LogP contribution in [0.1, 0.15) is 56.2 Å². The van der Waals surface area contributed by atoms with Crippen LogP contribution < -0.4 is 0 Å². The van der Waals surface area contributed by atoms with Crippen LogP contribution in [0.25, 0.3) is 0 Å². The molecule has 0 spiro atoms. The van der Waals surface area contributed by atoms with Gasteiger partial charge in [0.15, 0.2) is 0 Å². The quantitative estimate of drug-likeness (QED) is 0.553. The van der Waals surface area contributed by atoms with Crippen molar-refractivity contribution in [2.45, 2.75) is 59.8 Å². The number of aryl methyl sites for hydroxylation is 2. The zero-order chi connectivity index (χ0) is 16.2. The van der Waals surface area contributed by atoms with Crippen LogP contribution in [0.4, 0.5) is 0 Å². The second-order valence-corrected chi connectivity index (χ2v) is 6.29. The zero-order valence-corrected chi connectivity index (χ0v) is 14.8. The molecule has 0 aliphatic carbocycles. The maximum Gasteiger partial charge on any atom is -0.0250 e. The van der Waals surface area contributed by atoms with Gasteiger partial charge in [-0.15, -0.1) is 0 Å². The highest BCUT2D eigenvalue weighted by molar-refractivity contribution is 5.19. The largest absolute Gasteiger partial charge is 0.0654 e. The molecule has 0 nitrogen and oxygen atoms in total. The van der Waals surface area contributed by atoms with Gasteiger partial charge in [0.1, 0.15) is 0 Å². The van der Waals surface area contributed by atoms with Gasteiger partial charge >= 0.3 is 0 Å². The normalized spacial score (nSPS) is 10.2. The minimum atomic E-state index is 0.896. The first-order valence-corrected chi connectivity index (χ1v) is 8.72. The third-order valence-electron chi connectivity index (χ3n) is 3.98. The van der Waals surface area contributed by atoms with Gasteiger partial charge in [0.05, 0.1) is 0 Å². The van der Waals surface area contributed by atoms with Gasteiger partial charge in [-0.05, 0) is 31.7 Å². The molecular weight excluding hydrogens is 264 g/mol. The molecule has 120 valence electrons. The smallest absolute Gasteiger partial charge is 0.0250 e. The van der Waals surface area contributed by atoms with Crippen molar-refractivity contribution in [3.8, 4) is 0 Å². The summed E-state index contributed by atoms with van der Waals surface area (Å²) in [5, 5.41) is 0. The van der Waals surface area contributed by atoms with Crippen molar-refractivity contribution in [3.63, 3.8) is 0 Å². The van der Waals surface area contributed by atoms with Crippen LogP contribution in [-0.2, 0) is 6.42 Å². The number of hydrogen-bond acceptors (Lipinski definition) is 0. The fourth-order valence-corrected chi connectivity index (χ4v) is 2.75. The molecule has 0 radical (unpaired) electrons. The third kappa shape index (κ3) is 8.02. The second-order valence-electron chi connectivity index (χ2n) is 6.29. The van der Waals surface area contributed by atoms with Crippen LogP contribution in [-0.4, -0.2) is 0 Å². The highest BCUT2D eigenvalue weighted by atomic mass is 14.1. The van der Waals surface area contributed by atoms with Gasteiger partial charge < -0.3 is 0 Å². The summed E-state index contributed by atoms with van der Waals surface area (Å²) in [6.07, 6.45) is 6.66. The molecule has 0 amide bonds. The van der Waals surface area contributed by atoms with Gasteiger partial charge in [0, 0.05) is 0 Å². The van der Waals surface area contributed by atoms with Crippen molar-refractivity contribution in [1.82, 2.24) is 0 Å². The average Bonchev–Trinajstić information content (AvgIpc) is 2.52. The minimum Gasteiger partial charge on any atom is -0.0654 e. The van der Waals surface area contributed by atoms with Crippen LogP contribution in [0.15, 0.2) is 54.6 Å². The van der Waals surface area contributed by atoms with Gasteiger partial charge in [-0.1, -0.05) is 105 Å². The van der Waals surface area contributed by atoms with Crippen molar-refractivity contribution in [2.24, 2.45) is 5.92 Å². The number of rotatable bonds is 6. The summed E-state index contributed by atoms with van der Waals surface area (Å²) >= 11 is 0. The van der Waals surface area contributed by atoms with Gasteiger partial charge in [0.2, 0.25) is 0 Å². The molecule has 0 atom stereocenters. The summed E-state index contributed by atoms with van der Waals surface area (Å²) in [7, 11) is 0. The predicted octanol–water partition coefficient (Wildman–Crippen LogP) is 6.75. The van der Waals surface area contributed by atoms with E-state index in [2.05, 4.69) is 82.3 Å². The lowest BCUT2D eigenvalue weighted by atomic mass is 9.91. The molecule has 2 aromatic rings. The summed E-state index contributed by atoms with van der Waals surface area (Å²) < 4.78 is 0. The van der Waals surface area contributed by atoms with E-state index in [0.29, 0.717) is 0 Å². The molecule has 0 heterocycles. The van der Waals surface area contributed by atoms with E-state index in [1.807, 2.05) is 0 Å². The standard InChI is InChI=1S/C14H22.C8H10/c1-3-8-13(9-4-2)12-14-10-6-5-7-11-14;1-7-3-5-8(2)6-4-7/h5-7,10-11,13H,3-4,8-9,12H2,1-2H3;3-6H,1-2H3. The lowest BCUT2D eigenvalue weighted by Gasteiger charge is -2.14. The molecule has 0 heteroatoms. The van der Waals surface area contributed by atoms with Crippen molar-refractivity contribution in [2.75, 3.05) is 0 Å². The Morgan fingerprint density at radius 1 is 0.682 bits per heavy atom. The van der Waals surface area contributed by atoms with E-state index in [1.165, 1.54) is 48.8 Å². The van der Waals surface area contributed by atoms with Crippen LogP contribution in [0.3, 0.4) is 0 Å². The van der Waals surface area contributed by atoms with Crippen molar-refractivity contribution < 1.29 is 0 Å². The van der Waals surface area contributed by atoms with Crippen LogP contribution in [0, 0.1) is 19.8 Å². The number of benzene rings is 2. The van der Waals surface area contributed by atoms with E-state index in [0.717, 1.165) is 5.92 Å². The topological polar surface area (TPSA) is 0 Å². The van der Waals surface area contributed by atoms with Gasteiger partial charge in [-0.3, -0.25) is 0 Å². The van der Waals surface area contributed by atoms with E-state index in [9.17, 15) is 0 Å². The van der Waals surface area contributed by atoms with Gasteiger partial charge in [-0.25, -0.2) is 0 Å². The lowest BCUT2D eigenvalue weighted by molar-refractivity contribution is 0.438. The third-order valence-corrected chi connectivity index (χ3v) is 3.98. The van der Waals surface area contributed by atoms with E-state index in [-0.39, 0.29) is 0 Å². The Balaban J connectivity index is 0.000000255. The van der Waals surface area contributed by atoms with Crippen LogP contribution >= 0.6 is 0 Å². The molecule has 0 saturated heterocycles. The monoisotopic (exact) mass is 296 g/mol. The molecule has 0 aliphatic rings. The Morgan fingerprint density at radius 3 is 1.55 bits per heavy atom. The summed E-state index contributed by atoms with van der Waals surface area (Å²) in [5.74, 6) is 0.896. The van der Waals surface area contributed by atoms with E-state index in [1.54, 1.807) is 0 Å². The summed E-state index contributed by atoms with van der Waals surface area (Å²) in [4.78, 5) is 0. The molecule has 0 aromatic heterocycles. The molecular formula is C22H32. The first-order chi connectivity index (χ1) is 10.7. The lowest BCUT2D eigenvalue weighted by Crippen LogP contribution is -2.03. The Labute approximate surface area is 137 Å². The Morgan fingerprint density at radius 2 is 1.14 bits per heavy atom. The van der Waals surface area contributed by atoms with E-state index >= 15 is 0 Å². The van der Waals surface area contributed by atoms with Gasteiger partial charge in [0.25, 0.3) is 0 Å². The highest BCUT2D eigenvalue weighted by Crippen LogP contribution is 2.18. The van der Waals surface area contributed by atoms with Crippen molar-refractivity contribution in [1.29, 1.82) is 0 Å². The van der Waals surface area contributed by atoms with Crippen molar-refractivity contribution in [3.05, 3.63) is 71.3 Å². The maximum atomic E-state index is 2.29. The molecule has 0 saturated carbocycles. The molecule has 0 fully saturated rings. The molecule has 0 unspecified atom stereocenters. The summed E-state index contributed by atoms with van der Waals surface area (Å²) in [6, 6.07) is 19.4. The maximum absolute atomic E-state index is 2.29. The Bertz CT molecular complexity index is 454. The summed E-state index contributed by atoms with van der Waals surface area (Å²) in [6.45, 7) is 8.76. The first kappa shape index (κ1) is 18.5. The molecule has 22 heavy (non-hydrogen) atoms. The zero-order valence-electron chi connectivity index (χ0n) is 14.8. The second kappa shape index (κ2) is 11.1. The Kier molecular flexibility index (Phi) is 9.30. The molecule has 2 rings (SSSR count). The number of hydrogen-bond donors (Lipinski definition) is 0. The molecule has 0 aliphatic heterocycles. The summed E-state index contributed by atoms with van der Waals surface area (Å²) in [5.41, 5.74) is 4.16. The highest BCUT2D eigenvalue weighted by Gasteiger charge is 2.06. The van der Waals surface area contributed by atoms with E-state index in [4.69, 9.17) is 0 Å². The van der Waals surface area contributed by atoms with E-state index < -0.39 is 0 Å². The van der Waals surface area contributed by atoms with Crippen molar-refractivity contribution >= 4 is 0 Å². The Hall–Kier alpha value is -1.56. The molecule has 2 aromatic carbocycles. The average molecular weight is 296 g/mol. The first-order valence-electron chi connectivity index (χ1n) is 8.72. The van der Waals surface area contributed by atoms with Crippen LogP contribution in [0.5, 0.6) is 0 Å². The fraction of sp³-hybridized carbons (Fsp3) is 0.455. The molecule has 0 N–H and O–H groups in total. The predicted molar refractivity (Wildman–Crippen MR) is 99.4 cm³/mol. The van der Waals surface area contributed by atoms with Gasteiger partial charge in [-0.2, -0.15) is 0 Å². The molecule has 0 bridgehead atoms. The fourth-order valence-electron chi connectivity index (χ4n) is 2.75. The minimum absolute atomic E-state index is 0.896.